The monoisotopic (exact) mass is 246 g/mol. The molecule has 3 rings (SSSR count). The van der Waals surface area contributed by atoms with Crippen LogP contribution in [0.1, 0.15) is 16.8 Å². The highest BCUT2D eigenvalue weighted by molar-refractivity contribution is 7.17. The number of hydrogen-bond acceptors (Lipinski definition) is 3. The third-order valence-electron chi connectivity index (χ3n) is 3.21. The lowest BCUT2D eigenvalue weighted by Crippen LogP contribution is -2.31. The minimum atomic E-state index is 0.103. The lowest BCUT2D eigenvalue weighted by molar-refractivity contribution is 0.0791. The van der Waals surface area contributed by atoms with Gasteiger partial charge in [-0.25, -0.2) is 0 Å². The van der Waals surface area contributed by atoms with E-state index in [2.05, 4.69) is 0 Å². The SMILES string of the molecule is NC1CCN(C(=O)c2ccc3sccc3c2)C1. The molecular weight excluding hydrogens is 232 g/mol. The number of likely N-dealkylation sites (tertiary alicyclic amines) is 1. The number of thiophene rings is 1. The zero-order valence-electron chi connectivity index (χ0n) is 9.43. The van der Waals surface area contributed by atoms with Crippen LogP contribution < -0.4 is 5.73 Å². The van der Waals surface area contributed by atoms with Crippen molar-refractivity contribution in [3.8, 4) is 0 Å². The second-order valence-electron chi connectivity index (χ2n) is 4.47. The Morgan fingerprint density at radius 1 is 1.41 bits per heavy atom. The minimum Gasteiger partial charge on any atom is -0.337 e. The third kappa shape index (κ3) is 1.94. The van der Waals surface area contributed by atoms with Crippen molar-refractivity contribution in [3.63, 3.8) is 0 Å². The molecule has 1 aliphatic heterocycles. The summed E-state index contributed by atoms with van der Waals surface area (Å²) in [6, 6.07) is 8.09. The van der Waals surface area contributed by atoms with Crippen LogP contribution in [0.25, 0.3) is 10.1 Å². The van der Waals surface area contributed by atoms with Crippen LogP contribution in [0.5, 0.6) is 0 Å². The van der Waals surface area contributed by atoms with Crippen LogP contribution in [0.2, 0.25) is 0 Å². The van der Waals surface area contributed by atoms with E-state index in [1.807, 2.05) is 34.5 Å². The van der Waals surface area contributed by atoms with E-state index in [9.17, 15) is 4.79 Å². The summed E-state index contributed by atoms with van der Waals surface area (Å²) in [6.07, 6.45) is 0.909. The van der Waals surface area contributed by atoms with Gasteiger partial charge in [-0.1, -0.05) is 0 Å². The van der Waals surface area contributed by atoms with E-state index in [1.54, 1.807) is 11.3 Å². The molecule has 1 saturated heterocycles. The number of carbonyl (C=O) groups excluding carboxylic acids is 1. The molecule has 2 aromatic rings. The van der Waals surface area contributed by atoms with Gasteiger partial charge >= 0.3 is 0 Å². The molecular formula is C13H14N2OS. The van der Waals surface area contributed by atoms with Gasteiger partial charge in [-0.05, 0) is 41.5 Å². The van der Waals surface area contributed by atoms with Crippen LogP contribution in [0.15, 0.2) is 29.6 Å². The predicted octanol–water partition coefficient (Wildman–Crippen LogP) is 2.07. The Hall–Kier alpha value is -1.39. The van der Waals surface area contributed by atoms with Gasteiger partial charge in [0, 0.05) is 29.4 Å². The van der Waals surface area contributed by atoms with Gasteiger partial charge in [-0.2, -0.15) is 0 Å². The van der Waals surface area contributed by atoms with Crippen LogP contribution in [-0.4, -0.2) is 29.9 Å². The summed E-state index contributed by atoms with van der Waals surface area (Å²) in [6.45, 7) is 1.46. The summed E-state index contributed by atoms with van der Waals surface area (Å²) in [7, 11) is 0. The molecule has 4 heteroatoms. The van der Waals surface area contributed by atoms with Crippen molar-refractivity contribution in [2.75, 3.05) is 13.1 Å². The first-order valence-corrected chi connectivity index (χ1v) is 6.64. The zero-order chi connectivity index (χ0) is 11.8. The summed E-state index contributed by atoms with van der Waals surface area (Å²) in [5.41, 5.74) is 6.59. The van der Waals surface area contributed by atoms with E-state index in [0.29, 0.717) is 6.54 Å². The Morgan fingerprint density at radius 3 is 3.06 bits per heavy atom. The van der Waals surface area contributed by atoms with Crippen molar-refractivity contribution >= 4 is 27.3 Å². The molecule has 1 aromatic heterocycles. The number of carbonyl (C=O) groups is 1. The van der Waals surface area contributed by atoms with Crippen molar-refractivity contribution < 1.29 is 4.79 Å². The van der Waals surface area contributed by atoms with Gasteiger partial charge in [0.25, 0.3) is 5.91 Å². The summed E-state index contributed by atoms with van der Waals surface area (Å²) in [4.78, 5) is 14.1. The van der Waals surface area contributed by atoms with Crippen molar-refractivity contribution in [1.82, 2.24) is 4.90 Å². The topological polar surface area (TPSA) is 46.3 Å². The van der Waals surface area contributed by atoms with E-state index < -0.39 is 0 Å². The predicted molar refractivity (Wildman–Crippen MR) is 70.3 cm³/mol. The largest absolute Gasteiger partial charge is 0.337 e. The Kier molecular flexibility index (Phi) is 2.61. The zero-order valence-corrected chi connectivity index (χ0v) is 10.2. The number of rotatable bonds is 1. The summed E-state index contributed by atoms with van der Waals surface area (Å²) in [5, 5.41) is 3.19. The first-order valence-electron chi connectivity index (χ1n) is 5.76. The van der Waals surface area contributed by atoms with Gasteiger partial charge in [0.15, 0.2) is 0 Å². The highest BCUT2D eigenvalue weighted by atomic mass is 32.1. The van der Waals surface area contributed by atoms with Gasteiger partial charge in [-0.3, -0.25) is 4.79 Å². The standard InChI is InChI=1S/C13H14N2OS/c14-11-3-5-15(8-11)13(16)10-1-2-12-9(7-10)4-6-17-12/h1-2,4,6-7,11H,3,5,8,14H2. The van der Waals surface area contributed by atoms with Gasteiger partial charge in [0.2, 0.25) is 0 Å². The summed E-state index contributed by atoms with van der Waals surface area (Å²) < 4.78 is 1.22. The average Bonchev–Trinajstić information content (AvgIpc) is 2.95. The van der Waals surface area contributed by atoms with E-state index in [0.717, 1.165) is 23.9 Å². The fourth-order valence-corrected chi connectivity index (χ4v) is 3.02. The van der Waals surface area contributed by atoms with E-state index >= 15 is 0 Å². The molecule has 1 unspecified atom stereocenters. The Labute approximate surface area is 104 Å². The third-order valence-corrected chi connectivity index (χ3v) is 4.11. The number of fused-ring (bicyclic) bond motifs is 1. The molecule has 0 saturated carbocycles. The molecule has 0 aliphatic carbocycles. The number of nitrogens with zero attached hydrogens (tertiary/aromatic N) is 1. The van der Waals surface area contributed by atoms with Crippen molar-refractivity contribution in [2.24, 2.45) is 5.73 Å². The molecule has 0 bridgehead atoms. The number of benzene rings is 1. The number of hydrogen-bond donors (Lipinski definition) is 1. The second kappa shape index (κ2) is 4.13. The molecule has 0 spiro atoms. The Morgan fingerprint density at radius 2 is 2.29 bits per heavy atom. The Balaban J connectivity index is 1.89. The van der Waals surface area contributed by atoms with E-state index in [-0.39, 0.29) is 11.9 Å². The maximum absolute atomic E-state index is 12.2. The normalized spacial score (nSPS) is 20.1. The fraction of sp³-hybridized carbons (Fsp3) is 0.308. The molecule has 2 N–H and O–H groups in total. The lowest BCUT2D eigenvalue weighted by atomic mass is 10.1. The average molecular weight is 246 g/mol. The van der Waals surface area contributed by atoms with E-state index in [1.165, 1.54) is 4.70 Å². The quantitative estimate of drug-likeness (QED) is 0.837. The van der Waals surface area contributed by atoms with Gasteiger partial charge in [-0.15, -0.1) is 11.3 Å². The minimum absolute atomic E-state index is 0.103. The molecule has 1 aromatic carbocycles. The molecule has 1 amide bonds. The van der Waals surface area contributed by atoms with Crippen molar-refractivity contribution in [3.05, 3.63) is 35.2 Å². The smallest absolute Gasteiger partial charge is 0.253 e. The van der Waals surface area contributed by atoms with Gasteiger partial charge < -0.3 is 10.6 Å². The molecule has 0 radical (unpaired) electrons. The molecule has 17 heavy (non-hydrogen) atoms. The van der Waals surface area contributed by atoms with Crippen molar-refractivity contribution in [2.45, 2.75) is 12.5 Å². The van der Waals surface area contributed by atoms with Crippen LogP contribution in [-0.2, 0) is 0 Å². The fourth-order valence-electron chi connectivity index (χ4n) is 2.25. The second-order valence-corrected chi connectivity index (χ2v) is 5.42. The molecule has 1 fully saturated rings. The van der Waals surface area contributed by atoms with Gasteiger partial charge in [0.05, 0.1) is 0 Å². The Bertz CT molecular complexity index is 563. The van der Waals surface area contributed by atoms with Crippen LogP contribution in [0, 0.1) is 0 Å². The summed E-state index contributed by atoms with van der Waals surface area (Å²) >= 11 is 1.70. The van der Waals surface area contributed by atoms with Crippen LogP contribution >= 0.6 is 11.3 Å². The molecule has 3 nitrogen and oxygen atoms in total. The molecule has 1 atom stereocenters. The highest BCUT2D eigenvalue weighted by Crippen LogP contribution is 2.23. The van der Waals surface area contributed by atoms with Crippen LogP contribution in [0.3, 0.4) is 0 Å². The first-order chi connectivity index (χ1) is 8.24. The maximum atomic E-state index is 12.2. The number of amides is 1. The molecule has 2 heterocycles. The first kappa shape index (κ1) is 10.7. The summed E-state index contributed by atoms with van der Waals surface area (Å²) in [5.74, 6) is 0.103. The molecule has 1 aliphatic rings. The maximum Gasteiger partial charge on any atom is 0.253 e. The van der Waals surface area contributed by atoms with Gasteiger partial charge in [0.1, 0.15) is 0 Å². The highest BCUT2D eigenvalue weighted by Gasteiger charge is 2.24. The van der Waals surface area contributed by atoms with E-state index in [4.69, 9.17) is 5.73 Å². The number of nitrogens with two attached hydrogens (primary N) is 1. The molecule has 88 valence electrons. The van der Waals surface area contributed by atoms with Crippen LogP contribution in [0.4, 0.5) is 0 Å². The lowest BCUT2D eigenvalue weighted by Gasteiger charge is -2.15. The van der Waals surface area contributed by atoms with Crippen molar-refractivity contribution in [1.29, 1.82) is 0 Å².